The molecule has 0 heterocycles. The average Bonchev–Trinajstić information content (AvgIpc) is 2.42. The number of ketones is 2. The summed E-state index contributed by atoms with van der Waals surface area (Å²) in [5, 5.41) is 2.84. The molecule has 2 rings (SSSR count). The normalized spacial score (nSPS) is 14.6. The van der Waals surface area contributed by atoms with Crippen molar-refractivity contribution in [1.29, 1.82) is 0 Å². The van der Waals surface area contributed by atoms with Crippen LogP contribution in [0.2, 0.25) is 0 Å². The first kappa shape index (κ1) is 15.4. The maximum Gasteiger partial charge on any atom is 0.264 e. The van der Waals surface area contributed by atoms with Crippen molar-refractivity contribution in [3.8, 4) is 0 Å². The summed E-state index contributed by atoms with van der Waals surface area (Å²) >= 11 is 0. The molecule has 1 aromatic rings. The predicted octanol–water partition coefficient (Wildman–Crippen LogP) is 1.21. The third-order valence-electron chi connectivity index (χ3n) is 3.10. The molecule has 21 heavy (non-hydrogen) atoms. The first-order valence-electron chi connectivity index (χ1n) is 6.47. The van der Waals surface area contributed by atoms with Gasteiger partial charge in [-0.3, -0.25) is 14.1 Å². The van der Waals surface area contributed by atoms with Crippen LogP contribution < -0.4 is 5.32 Å². The molecule has 0 amide bonds. The van der Waals surface area contributed by atoms with Crippen LogP contribution >= 0.6 is 0 Å². The quantitative estimate of drug-likeness (QED) is 0.605. The van der Waals surface area contributed by atoms with Crippen LogP contribution in [-0.2, 0) is 10.1 Å². The number of allylic oxidation sites excluding steroid dienone is 2. The number of unbranched alkanes of at least 4 members (excludes halogenated alkanes) is 1. The second kappa shape index (κ2) is 6.19. The summed E-state index contributed by atoms with van der Waals surface area (Å²) in [6.07, 6.45) is 1.99. The van der Waals surface area contributed by atoms with E-state index < -0.39 is 10.1 Å². The third kappa shape index (κ3) is 3.99. The lowest BCUT2D eigenvalue weighted by Crippen LogP contribution is -2.27. The number of nitrogens with one attached hydrogen (secondary N) is 1. The molecule has 1 aliphatic rings. The summed E-state index contributed by atoms with van der Waals surface area (Å²) < 4.78 is 29.7. The zero-order valence-electron chi connectivity index (χ0n) is 11.2. The van der Waals surface area contributed by atoms with Gasteiger partial charge in [0.1, 0.15) is 0 Å². The van der Waals surface area contributed by atoms with Crippen LogP contribution in [-0.4, -0.2) is 36.8 Å². The van der Waals surface area contributed by atoms with Crippen molar-refractivity contribution in [3.63, 3.8) is 0 Å². The summed E-state index contributed by atoms with van der Waals surface area (Å²) in [7, 11) is -3.95. The van der Waals surface area contributed by atoms with Crippen molar-refractivity contribution < 1.29 is 22.6 Å². The Morgan fingerprint density at radius 1 is 1.05 bits per heavy atom. The Kier molecular flexibility index (Phi) is 4.54. The fourth-order valence-electron chi connectivity index (χ4n) is 2.08. The molecule has 0 bridgehead atoms. The molecular weight excluding hydrogens is 294 g/mol. The molecule has 0 aliphatic heterocycles. The summed E-state index contributed by atoms with van der Waals surface area (Å²) in [6.45, 7) is 0.350. The van der Waals surface area contributed by atoms with E-state index >= 15 is 0 Å². The van der Waals surface area contributed by atoms with Crippen LogP contribution in [0, 0.1) is 0 Å². The highest BCUT2D eigenvalue weighted by atomic mass is 32.2. The summed E-state index contributed by atoms with van der Waals surface area (Å²) in [5.74, 6) is -0.797. The largest absolute Gasteiger partial charge is 0.382 e. The topological polar surface area (TPSA) is 101 Å². The van der Waals surface area contributed by atoms with Crippen LogP contribution in [0.4, 0.5) is 0 Å². The van der Waals surface area contributed by atoms with Crippen molar-refractivity contribution in [2.45, 2.75) is 12.8 Å². The Bertz CT molecular complexity index is 706. The van der Waals surface area contributed by atoms with E-state index in [0.717, 1.165) is 0 Å². The van der Waals surface area contributed by atoms with Crippen molar-refractivity contribution in [3.05, 3.63) is 47.2 Å². The molecule has 0 saturated carbocycles. The number of carbonyl (C=O) groups is 2. The maximum absolute atomic E-state index is 12.2. The molecule has 0 radical (unpaired) electrons. The van der Waals surface area contributed by atoms with E-state index in [0.29, 0.717) is 24.1 Å². The van der Waals surface area contributed by atoms with Crippen LogP contribution in [0.1, 0.15) is 33.6 Å². The second-order valence-corrected chi connectivity index (χ2v) is 6.29. The number of Topliss-reactive ketones (excluding diaryl/α,β-unsaturated/α-hetero) is 1. The van der Waals surface area contributed by atoms with Gasteiger partial charge in [-0.2, -0.15) is 8.42 Å². The summed E-state index contributed by atoms with van der Waals surface area (Å²) in [6, 6.07) is 6.60. The minimum absolute atomic E-state index is 0.213. The van der Waals surface area contributed by atoms with Gasteiger partial charge in [0.25, 0.3) is 10.1 Å². The van der Waals surface area contributed by atoms with E-state index in [4.69, 9.17) is 4.55 Å². The molecule has 2 N–H and O–H groups in total. The van der Waals surface area contributed by atoms with Crippen LogP contribution in [0.3, 0.4) is 0 Å². The molecule has 1 aromatic carbocycles. The van der Waals surface area contributed by atoms with E-state index in [2.05, 4.69) is 5.32 Å². The van der Waals surface area contributed by atoms with Crippen LogP contribution in [0.15, 0.2) is 36.0 Å². The van der Waals surface area contributed by atoms with Gasteiger partial charge in [-0.15, -0.1) is 0 Å². The molecular formula is C14H15NO5S. The first-order chi connectivity index (χ1) is 9.88. The van der Waals surface area contributed by atoms with Gasteiger partial charge in [0, 0.05) is 23.7 Å². The van der Waals surface area contributed by atoms with E-state index in [1.54, 1.807) is 24.3 Å². The lowest BCUT2D eigenvalue weighted by atomic mass is 9.93. The third-order valence-corrected chi connectivity index (χ3v) is 3.91. The van der Waals surface area contributed by atoms with E-state index in [-0.39, 0.29) is 29.4 Å². The number of rotatable bonds is 6. The lowest BCUT2D eigenvalue weighted by molar-refractivity contribution is 0.0978. The maximum atomic E-state index is 12.2. The van der Waals surface area contributed by atoms with E-state index in [1.165, 1.54) is 6.08 Å². The highest BCUT2D eigenvalue weighted by Crippen LogP contribution is 2.19. The summed E-state index contributed by atoms with van der Waals surface area (Å²) in [4.78, 5) is 24.0. The number of fused-ring (bicyclic) bond motifs is 1. The van der Waals surface area contributed by atoms with E-state index in [1.807, 2.05) is 0 Å². The number of carbonyl (C=O) groups excluding carboxylic acids is 2. The van der Waals surface area contributed by atoms with Crippen LogP contribution in [0.5, 0.6) is 0 Å². The molecule has 0 aromatic heterocycles. The fourth-order valence-corrected chi connectivity index (χ4v) is 2.65. The molecule has 6 nitrogen and oxygen atoms in total. The molecule has 0 spiro atoms. The second-order valence-electron chi connectivity index (χ2n) is 4.72. The minimum atomic E-state index is -3.95. The molecule has 0 atom stereocenters. The Labute approximate surface area is 122 Å². The van der Waals surface area contributed by atoms with Crippen LogP contribution in [0.25, 0.3) is 0 Å². The van der Waals surface area contributed by atoms with Gasteiger partial charge in [-0.25, -0.2) is 0 Å². The summed E-state index contributed by atoms with van der Waals surface area (Å²) in [5.41, 5.74) is 0.968. The lowest BCUT2D eigenvalue weighted by Gasteiger charge is -2.16. The predicted molar refractivity (Wildman–Crippen MR) is 76.8 cm³/mol. The van der Waals surface area contributed by atoms with E-state index in [9.17, 15) is 18.0 Å². The minimum Gasteiger partial charge on any atom is -0.382 e. The molecule has 0 saturated heterocycles. The van der Waals surface area contributed by atoms with Gasteiger partial charge < -0.3 is 5.32 Å². The smallest absolute Gasteiger partial charge is 0.264 e. The zero-order chi connectivity index (χ0) is 15.5. The SMILES string of the molecule is O=C1C=C(NCCCCS(=O)(=O)O)C(=O)c2ccccc21. The van der Waals surface area contributed by atoms with Gasteiger partial charge >= 0.3 is 0 Å². The fraction of sp³-hybridized carbons (Fsp3) is 0.286. The zero-order valence-corrected chi connectivity index (χ0v) is 12.0. The molecule has 112 valence electrons. The van der Waals surface area contributed by atoms with Gasteiger partial charge in [0.2, 0.25) is 5.78 Å². The Hall–Kier alpha value is -1.99. The van der Waals surface area contributed by atoms with Gasteiger partial charge in [0.15, 0.2) is 5.78 Å². The highest BCUT2D eigenvalue weighted by Gasteiger charge is 2.24. The Balaban J connectivity index is 1.94. The van der Waals surface area contributed by atoms with Gasteiger partial charge in [-0.05, 0) is 12.8 Å². The first-order valence-corrected chi connectivity index (χ1v) is 8.08. The average molecular weight is 309 g/mol. The Morgan fingerprint density at radius 2 is 1.71 bits per heavy atom. The molecule has 7 heteroatoms. The molecule has 0 fully saturated rings. The highest BCUT2D eigenvalue weighted by molar-refractivity contribution is 7.85. The van der Waals surface area contributed by atoms with Crippen molar-refractivity contribution in [1.82, 2.24) is 5.32 Å². The Morgan fingerprint density at radius 3 is 2.38 bits per heavy atom. The van der Waals surface area contributed by atoms with Crippen molar-refractivity contribution in [2.24, 2.45) is 0 Å². The van der Waals surface area contributed by atoms with Crippen molar-refractivity contribution in [2.75, 3.05) is 12.3 Å². The number of benzene rings is 1. The number of hydrogen-bond acceptors (Lipinski definition) is 5. The molecule has 1 aliphatic carbocycles. The standard InChI is InChI=1S/C14H15NO5S/c16-13-9-12(15-7-3-4-8-21(18,19)20)14(17)11-6-2-1-5-10(11)13/h1-2,5-6,9,15H,3-4,7-8H2,(H,18,19,20). The van der Waals surface area contributed by atoms with Crippen molar-refractivity contribution >= 4 is 21.7 Å². The molecule has 0 unspecified atom stereocenters. The van der Waals surface area contributed by atoms with Gasteiger partial charge in [-0.1, -0.05) is 24.3 Å². The number of hydrogen-bond donors (Lipinski definition) is 2. The monoisotopic (exact) mass is 309 g/mol. The van der Waals surface area contributed by atoms with Gasteiger partial charge in [0.05, 0.1) is 11.4 Å².